The summed E-state index contributed by atoms with van der Waals surface area (Å²) in [5.74, 6) is 0. The average molecular weight is 440 g/mol. The van der Waals surface area contributed by atoms with Crippen LogP contribution in [0.1, 0.15) is 25.0 Å². The number of benzene rings is 2. The summed E-state index contributed by atoms with van der Waals surface area (Å²) in [6.07, 6.45) is 0. The Hall–Kier alpha value is -1.66. The lowest BCUT2D eigenvalue weighted by Crippen LogP contribution is -2.00. The maximum atomic E-state index is 5.12. The molecule has 0 saturated heterocycles. The Morgan fingerprint density at radius 2 is 1.09 bits per heavy atom. The van der Waals surface area contributed by atoms with E-state index in [2.05, 4.69) is 42.2 Å². The molecule has 0 fully saturated rings. The van der Waals surface area contributed by atoms with E-state index in [0.717, 1.165) is 31.5 Å². The van der Waals surface area contributed by atoms with Crippen molar-refractivity contribution < 1.29 is 9.68 Å². The second-order valence-electron chi connectivity index (χ2n) is 4.74. The lowest BCUT2D eigenvalue weighted by Gasteiger charge is -2.03. The smallest absolute Gasteiger partial charge is 0.280 e. The Morgan fingerprint density at radius 3 is 1.43 bits per heavy atom. The zero-order chi connectivity index (χ0) is 16.7. The van der Waals surface area contributed by atoms with Crippen molar-refractivity contribution in [3.63, 3.8) is 0 Å². The van der Waals surface area contributed by atoms with Gasteiger partial charge in [-0.25, -0.2) is 0 Å². The van der Waals surface area contributed by atoms with Crippen LogP contribution in [-0.2, 0) is 9.68 Å². The molecule has 0 saturated carbocycles. The van der Waals surface area contributed by atoms with Gasteiger partial charge in [0.05, 0.1) is 11.4 Å². The zero-order valence-electron chi connectivity index (χ0n) is 12.8. The minimum Gasteiger partial charge on any atom is -0.352 e. The number of hydrogen-bond donors (Lipinski definition) is 0. The van der Waals surface area contributed by atoms with E-state index in [4.69, 9.17) is 9.68 Å². The van der Waals surface area contributed by atoms with E-state index in [0.29, 0.717) is 0 Å². The third kappa shape index (κ3) is 5.80. The van der Waals surface area contributed by atoms with Gasteiger partial charge in [-0.3, -0.25) is 0 Å². The van der Waals surface area contributed by atoms with Crippen LogP contribution in [0.25, 0.3) is 0 Å². The Kier molecular flexibility index (Phi) is 6.80. The summed E-state index contributed by atoms with van der Waals surface area (Å²) in [6.45, 7) is 3.71. The molecule has 120 valence electrons. The van der Waals surface area contributed by atoms with Crippen LogP contribution < -0.4 is 0 Å². The molecule has 2 rings (SSSR count). The molecular weight excluding hydrogens is 424 g/mol. The van der Waals surface area contributed by atoms with Gasteiger partial charge >= 0.3 is 0 Å². The number of halogens is 2. The monoisotopic (exact) mass is 438 g/mol. The van der Waals surface area contributed by atoms with Gasteiger partial charge in [0.1, 0.15) is 0 Å². The molecule has 0 aromatic heterocycles. The minimum atomic E-state index is -0.0399. The van der Waals surface area contributed by atoms with Gasteiger partial charge in [-0.1, -0.05) is 66.4 Å². The van der Waals surface area contributed by atoms with Crippen LogP contribution in [0.5, 0.6) is 0 Å². The fraction of sp³-hybridized carbons (Fsp3) is 0.176. The highest BCUT2D eigenvalue weighted by atomic mass is 79.9. The fourth-order valence-electron chi connectivity index (χ4n) is 1.76. The molecule has 0 spiro atoms. The lowest BCUT2D eigenvalue weighted by atomic mass is 10.1. The maximum Gasteiger partial charge on any atom is 0.280 e. The van der Waals surface area contributed by atoms with Crippen LogP contribution in [0.15, 0.2) is 67.8 Å². The van der Waals surface area contributed by atoms with Crippen LogP contribution >= 0.6 is 31.9 Å². The van der Waals surface area contributed by atoms with E-state index in [1.54, 1.807) is 0 Å². The summed E-state index contributed by atoms with van der Waals surface area (Å²) in [5, 5.41) is 8.01. The first-order valence-corrected chi connectivity index (χ1v) is 8.50. The Bertz CT molecular complexity index is 634. The summed E-state index contributed by atoms with van der Waals surface area (Å²) in [4.78, 5) is 10.2. The quantitative estimate of drug-likeness (QED) is 0.263. The zero-order valence-corrected chi connectivity index (χ0v) is 16.0. The summed E-state index contributed by atoms with van der Waals surface area (Å²) in [6, 6.07) is 15.7. The third-order valence-electron chi connectivity index (χ3n) is 3.03. The summed E-state index contributed by atoms with van der Waals surface area (Å²) >= 11 is 6.79. The molecule has 2 aromatic rings. The van der Waals surface area contributed by atoms with E-state index in [9.17, 15) is 0 Å². The molecule has 0 aliphatic heterocycles. The first-order valence-electron chi connectivity index (χ1n) is 6.91. The first-order chi connectivity index (χ1) is 11.1. The van der Waals surface area contributed by atoms with E-state index < -0.39 is 0 Å². The number of oxime groups is 2. The molecule has 0 aliphatic carbocycles. The molecular formula is C17H16Br2N2O2. The molecule has 0 unspecified atom stereocenters. The molecule has 0 radical (unpaired) electrons. The molecule has 0 amide bonds. The standard InChI is InChI=1S/C17H16Br2N2O2/c1-12(14-3-7-16(18)8-4-14)20-22-11-23-21-13(2)15-5-9-17(19)10-6-15/h3-10H,11H2,1-2H3. The van der Waals surface area contributed by atoms with Crippen LogP contribution in [0.4, 0.5) is 0 Å². The van der Waals surface area contributed by atoms with Gasteiger partial charge in [0.15, 0.2) is 0 Å². The second-order valence-corrected chi connectivity index (χ2v) is 6.57. The first kappa shape index (κ1) is 17.7. The van der Waals surface area contributed by atoms with Crippen LogP contribution in [0.3, 0.4) is 0 Å². The van der Waals surface area contributed by atoms with Gasteiger partial charge in [-0.2, -0.15) is 0 Å². The summed E-state index contributed by atoms with van der Waals surface area (Å²) in [5.41, 5.74) is 3.52. The van der Waals surface area contributed by atoms with Crippen LogP contribution in [-0.4, -0.2) is 18.2 Å². The van der Waals surface area contributed by atoms with E-state index in [-0.39, 0.29) is 6.79 Å². The molecule has 2 aromatic carbocycles. The number of hydrogen-bond acceptors (Lipinski definition) is 4. The molecule has 4 nitrogen and oxygen atoms in total. The van der Waals surface area contributed by atoms with Crippen molar-refractivity contribution in [2.24, 2.45) is 10.3 Å². The predicted octanol–water partition coefficient (Wildman–Crippen LogP) is 5.35. The molecule has 0 aliphatic rings. The lowest BCUT2D eigenvalue weighted by molar-refractivity contribution is -0.0505. The number of rotatable bonds is 6. The molecule has 0 atom stereocenters. The SMILES string of the molecule is CC(=NOCON=C(C)c1ccc(Br)cc1)c1ccc(Br)cc1. The number of nitrogens with zero attached hydrogens (tertiary/aromatic N) is 2. The minimum absolute atomic E-state index is 0.0399. The van der Waals surface area contributed by atoms with Gasteiger partial charge in [0, 0.05) is 8.95 Å². The highest BCUT2D eigenvalue weighted by Crippen LogP contribution is 2.12. The van der Waals surface area contributed by atoms with Crippen molar-refractivity contribution in [3.8, 4) is 0 Å². The highest BCUT2D eigenvalue weighted by Gasteiger charge is 1.99. The Balaban J connectivity index is 1.82. The molecule has 6 heteroatoms. The van der Waals surface area contributed by atoms with Crippen molar-refractivity contribution in [3.05, 3.63) is 68.6 Å². The second kappa shape index (κ2) is 8.84. The molecule has 0 heterocycles. The summed E-state index contributed by atoms with van der Waals surface area (Å²) in [7, 11) is 0. The van der Waals surface area contributed by atoms with E-state index in [1.807, 2.05) is 62.4 Å². The van der Waals surface area contributed by atoms with Gasteiger partial charge in [-0.05, 0) is 49.2 Å². The maximum absolute atomic E-state index is 5.12. The van der Waals surface area contributed by atoms with Crippen molar-refractivity contribution in [2.75, 3.05) is 6.79 Å². The Labute approximate surface area is 152 Å². The van der Waals surface area contributed by atoms with Gasteiger partial charge in [-0.15, -0.1) is 0 Å². The summed E-state index contributed by atoms with van der Waals surface area (Å²) < 4.78 is 2.05. The average Bonchev–Trinajstić information content (AvgIpc) is 2.55. The molecule has 0 N–H and O–H groups in total. The van der Waals surface area contributed by atoms with Crippen molar-refractivity contribution in [2.45, 2.75) is 13.8 Å². The van der Waals surface area contributed by atoms with Gasteiger partial charge in [0.2, 0.25) is 0 Å². The molecule has 0 bridgehead atoms. The highest BCUT2D eigenvalue weighted by molar-refractivity contribution is 9.10. The van der Waals surface area contributed by atoms with Gasteiger partial charge < -0.3 is 9.68 Å². The van der Waals surface area contributed by atoms with Crippen molar-refractivity contribution in [1.82, 2.24) is 0 Å². The third-order valence-corrected chi connectivity index (χ3v) is 4.09. The topological polar surface area (TPSA) is 43.2 Å². The van der Waals surface area contributed by atoms with E-state index in [1.165, 1.54) is 0 Å². The fourth-order valence-corrected chi connectivity index (χ4v) is 2.29. The van der Waals surface area contributed by atoms with Crippen LogP contribution in [0, 0.1) is 0 Å². The van der Waals surface area contributed by atoms with E-state index >= 15 is 0 Å². The van der Waals surface area contributed by atoms with Crippen molar-refractivity contribution >= 4 is 43.3 Å². The molecule has 23 heavy (non-hydrogen) atoms. The predicted molar refractivity (Wildman–Crippen MR) is 99.7 cm³/mol. The van der Waals surface area contributed by atoms with Gasteiger partial charge in [0.25, 0.3) is 6.79 Å². The Morgan fingerprint density at radius 1 is 0.739 bits per heavy atom. The van der Waals surface area contributed by atoms with Crippen molar-refractivity contribution in [1.29, 1.82) is 0 Å². The normalized spacial score (nSPS) is 12.2. The largest absolute Gasteiger partial charge is 0.352 e. The van der Waals surface area contributed by atoms with Crippen LogP contribution in [0.2, 0.25) is 0 Å².